The van der Waals surface area contributed by atoms with Gasteiger partial charge in [0.1, 0.15) is 0 Å². The monoisotopic (exact) mass is 288 g/mol. The number of esters is 1. The second kappa shape index (κ2) is 7.11. The smallest absolute Gasteiger partial charge is 0.313 e. The van der Waals surface area contributed by atoms with Crippen molar-refractivity contribution in [1.82, 2.24) is 0 Å². The lowest BCUT2D eigenvalue weighted by Crippen LogP contribution is -2.18. The number of benzene rings is 2. The highest BCUT2D eigenvalue weighted by molar-refractivity contribution is 6.30. The van der Waals surface area contributed by atoms with E-state index in [0.29, 0.717) is 18.1 Å². The predicted octanol–water partition coefficient (Wildman–Crippen LogP) is 4.23. The standard InChI is InChI=1S/C17H17ClO2/c1-2-20-17(19)16(11-13-7-4-3-5-8-13)14-9-6-10-15(18)12-14/h3-10,12,16H,2,11H2,1H3. The summed E-state index contributed by atoms with van der Waals surface area (Å²) in [4.78, 5) is 12.2. The maximum absolute atomic E-state index is 12.2. The highest BCUT2D eigenvalue weighted by atomic mass is 35.5. The topological polar surface area (TPSA) is 26.3 Å². The maximum atomic E-state index is 12.2. The largest absolute Gasteiger partial charge is 0.466 e. The molecule has 1 atom stereocenters. The Balaban J connectivity index is 2.27. The van der Waals surface area contributed by atoms with E-state index in [1.807, 2.05) is 55.5 Å². The first-order valence-electron chi connectivity index (χ1n) is 6.66. The second-order valence-corrected chi connectivity index (χ2v) is 4.99. The van der Waals surface area contributed by atoms with Crippen molar-refractivity contribution >= 4 is 17.6 Å². The van der Waals surface area contributed by atoms with Crippen LogP contribution in [0.15, 0.2) is 54.6 Å². The van der Waals surface area contributed by atoms with Gasteiger partial charge in [-0.3, -0.25) is 4.79 Å². The molecule has 2 aromatic rings. The lowest BCUT2D eigenvalue weighted by molar-refractivity contribution is -0.144. The van der Waals surface area contributed by atoms with Crippen molar-refractivity contribution in [2.45, 2.75) is 19.3 Å². The molecular weight excluding hydrogens is 272 g/mol. The molecule has 0 aliphatic rings. The molecule has 20 heavy (non-hydrogen) atoms. The zero-order chi connectivity index (χ0) is 14.4. The van der Waals surface area contributed by atoms with Gasteiger partial charge < -0.3 is 4.74 Å². The van der Waals surface area contributed by atoms with Crippen LogP contribution in [0.25, 0.3) is 0 Å². The first-order valence-corrected chi connectivity index (χ1v) is 7.04. The van der Waals surface area contributed by atoms with Gasteiger partial charge in [-0.25, -0.2) is 0 Å². The molecule has 3 heteroatoms. The van der Waals surface area contributed by atoms with Crippen LogP contribution in [0.3, 0.4) is 0 Å². The fourth-order valence-corrected chi connectivity index (χ4v) is 2.35. The Hall–Kier alpha value is -1.80. The summed E-state index contributed by atoms with van der Waals surface area (Å²) in [5, 5.41) is 0.630. The van der Waals surface area contributed by atoms with Crippen molar-refractivity contribution in [2.24, 2.45) is 0 Å². The van der Waals surface area contributed by atoms with E-state index < -0.39 is 0 Å². The molecule has 0 radical (unpaired) electrons. The third-order valence-electron chi connectivity index (χ3n) is 3.10. The average molecular weight is 289 g/mol. The third-order valence-corrected chi connectivity index (χ3v) is 3.34. The Bertz CT molecular complexity index is 566. The van der Waals surface area contributed by atoms with E-state index >= 15 is 0 Å². The molecule has 0 spiro atoms. The Morgan fingerprint density at radius 2 is 1.90 bits per heavy atom. The molecule has 104 valence electrons. The summed E-state index contributed by atoms with van der Waals surface area (Å²) in [5.74, 6) is -0.533. The minimum absolute atomic E-state index is 0.210. The zero-order valence-electron chi connectivity index (χ0n) is 11.4. The quantitative estimate of drug-likeness (QED) is 0.770. The van der Waals surface area contributed by atoms with E-state index in [9.17, 15) is 4.79 Å². The number of hydrogen-bond acceptors (Lipinski definition) is 2. The van der Waals surface area contributed by atoms with Crippen molar-refractivity contribution in [2.75, 3.05) is 6.61 Å². The lowest BCUT2D eigenvalue weighted by Gasteiger charge is -2.16. The van der Waals surface area contributed by atoms with Crippen LogP contribution < -0.4 is 0 Å². The Labute approximate surface area is 124 Å². The Morgan fingerprint density at radius 1 is 1.15 bits per heavy atom. The van der Waals surface area contributed by atoms with Gasteiger partial charge in [0.15, 0.2) is 0 Å². The second-order valence-electron chi connectivity index (χ2n) is 4.55. The maximum Gasteiger partial charge on any atom is 0.313 e. The predicted molar refractivity (Wildman–Crippen MR) is 81.0 cm³/mol. The molecule has 0 aromatic heterocycles. The minimum Gasteiger partial charge on any atom is -0.466 e. The molecule has 2 nitrogen and oxygen atoms in total. The number of halogens is 1. The van der Waals surface area contributed by atoms with Crippen molar-refractivity contribution in [3.63, 3.8) is 0 Å². The summed E-state index contributed by atoms with van der Waals surface area (Å²) in [6.45, 7) is 2.19. The molecule has 0 fully saturated rings. The number of carbonyl (C=O) groups excluding carboxylic acids is 1. The third kappa shape index (κ3) is 3.84. The zero-order valence-corrected chi connectivity index (χ0v) is 12.1. The molecule has 0 heterocycles. The molecule has 0 aliphatic carbocycles. The summed E-state index contributed by atoms with van der Waals surface area (Å²) >= 11 is 6.02. The van der Waals surface area contributed by atoms with Gasteiger partial charge in [0.2, 0.25) is 0 Å². The molecule has 1 unspecified atom stereocenters. The molecule has 2 aromatic carbocycles. The van der Waals surface area contributed by atoms with E-state index in [1.165, 1.54) is 0 Å². The summed E-state index contributed by atoms with van der Waals surface area (Å²) in [6, 6.07) is 17.3. The highest BCUT2D eigenvalue weighted by Gasteiger charge is 2.22. The highest BCUT2D eigenvalue weighted by Crippen LogP contribution is 2.25. The van der Waals surface area contributed by atoms with E-state index in [0.717, 1.165) is 11.1 Å². The normalized spacial score (nSPS) is 11.9. The first-order chi connectivity index (χ1) is 9.70. The van der Waals surface area contributed by atoms with Crippen molar-refractivity contribution in [3.05, 3.63) is 70.7 Å². The van der Waals surface area contributed by atoms with Crippen LogP contribution in [0.2, 0.25) is 5.02 Å². The van der Waals surface area contributed by atoms with E-state index in [-0.39, 0.29) is 11.9 Å². The summed E-state index contributed by atoms with van der Waals surface area (Å²) in [6.07, 6.45) is 0.611. The van der Waals surface area contributed by atoms with Gasteiger partial charge in [0, 0.05) is 5.02 Å². The van der Waals surface area contributed by atoms with Crippen molar-refractivity contribution < 1.29 is 9.53 Å². The van der Waals surface area contributed by atoms with Crippen LogP contribution in [0.1, 0.15) is 24.0 Å². The van der Waals surface area contributed by atoms with E-state index in [1.54, 1.807) is 6.07 Å². The van der Waals surface area contributed by atoms with Gasteiger partial charge in [-0.1, -0.05) is 54.1 Å². The summed E-state index contributed by atoms with van der Waals surface area (Å²) < 4.78 is 5.19. The van der Waals surface area contributed by atoms with Gasteiger partial charge >= 0.3 is 5.97 Å². The average Bonchev–Trinajstić information content (AvgIpc) is 2.46. The number of hydrogen-bond donors (Lipinski definition) is 0. The molecule has 2 rings (SSSR count). The molecule has 0 saturated carbocycles. The minimum atomic E-state index is -0.323. The van der Waals surface area contributed by atoms with Crippen molar-refractivity contribution in [1.29, 1.82) is 0 Å². The van der Waals surface area contributed by atoms with Crippen LogP contribution in [0, 0.1) is 0 Å². The molecule has 0 aliphatic heterocycles. The fraction of sp³-hybridized carbons (Fsp3) is 0.235. The van der Waals surface area contributed by atoms with Crippen LogP contribution in [-0.4, -0.2) is 12.6 Å². The molecular formula is C17H17ClO2. The molecule has 0 saturated heterocycles. The van der Waals surface area contributed by atoms with Gasteiger partial charge in [0.25, 0.3) is 0 Å². The Morgan fingerprint density at radius 3 is 2.55 bits per heavy atom. The molecule has 0 N–H and O–H groups in total. The van der Waals surface area contributed by atoms with E-state index in [2.05, 4.69) is 0 Å². The fourth-order valence-electron chi connectivity index (χ4n) is 2.15. The van der Waals surface area contributed by atoms with Crippen LogP contribution in [0.5, 0.6) is 0 Å². The van der Waals surface area contributed by atoms with Crippen LogP contribution >= 0.6 is 11.6 Å². The van der Waals surface area contributed by atoms with Gasteiger partial charge in [0.05, 0.1) is 12.5 Å². The number of carbonyl (C=O) groups is 1. The van der Waals surface area contributed by atoms with Gasteiger partial charge in [-0.05, 0) is 36.6 Å². The first kappa shape index (κ1) is 14.6. The number of ether oxygens (including phenoxy) is 1. The summed E-state index contributed by atoms with van der Waals surface area (Å²) in [5.41, 5.74) is 1.99. The van der Waals surface area contributed by atoms with Crippen molar-refractivity contribution in [3.8, 4) is 0 Å². The SMILES string of the molecule is CCOC(=O)C(Cc1ccccc1)c1cccc(Cl)c1. The van der Waals surface area contributed by atoms with Crippen LogP contribution in [-0.2, 0) is 16.0 Å². The van der Waals surface area contributed by atoms with E-state index in [4.69, 9.17) is 16.3 Å². The summed E-state index contributed by atoms with van der Waals surface area (Å²) in [7, 11) is 0. The lowest BCUT2D eigenvalue weighted by atomic mass is 9.92. The van der Waals surface area contributed by atoms with Gasteiger partial charge in [-0.2, -0.15) is 0 Å². The van der Waals surface area contributed by atoms with Gasteiger partial charge in [-0.15, -0.1) is 0 Å². The Kier molecular flexibility index (Phi) is 5.19. The molecule has 0 amide bonds. The van der Waals surface area contributed by atoms with Crippen LogP contribution in [0.4, 0.5) is 0 Å². The number of rotatable bonds is 5. The molecule has 0 bridgehead atoms.